The van der Waals surface area contributed by atoms with Crippen molar-refractivity contribution in [2.24, 2.45) is 17.3 Å². The quantitative estimate of drug-likeness (QED) is 0.870. The Morgan fingerprint density at radius 1 is 1.32 bits per heavy atom. The van der Waals surface area contributed by atoms with Gasteiger partial charge in [0.1, 0.15) is 0 Å². The fourth-order valence-electron chi connectivity index (χ4n) is 5.18. The van der Waals surface area contributed by atoms with Crippen LogP contribution in [0.25, 0.3) is 0 Å². The van der Waals surface area contributed by atoms with Gasteiger partial charge in [-0.1, -0.05) is 0 Å². The summed E-state index contributed by atoms with van der Waals surface area (Å²) in [6.45, 7) is 1.83. The van der Waals surface area contributed by atoms with Crippen molar-refractivity contribution >= 4 is 5.97 Å². The first kappa shape index (κ1) is 11.4. The molecule has 2 atom stereocenters. The van der Waals surface area contributed by atoms with Crippen molar-refractivity contribution in [3.05, 3.63) is 5.82 Å². The number of carboxylic acids is 1. The lowest BCUT2D eigenvalue weighted by atomic mass is 9.47. The van der Waals surface area contributed by atoms with Crippen LogP contribution in [0.2, 0.25) is 0 Å². The van der Waals surface area contributed by atoms with E-state index < -0.39 is 11.4 Å². The smallest absolute Gasteiger partial charge is 0.309 e. The summed E-state index contributed by atoms with van der Waals surface area (Å²) in [7, 11) is 0. The number of tetrazole rings is 1. The Morgan fingerprint density at radius 2 is 2.00 bits per heavy atom. The number of nitrogens with zero attached hydrogens (tertiary/aromatic N) is 4. The number of hydrogen-bond donors (Lipinski definition) is 1. The minimum atomic E-state index is -0.622. The lowest BCUT2D eigenvalue weighted by molar-refractivity contribution is -0.174. The second-order valence-corrected chi connectivity index (χ2v) is 6.90. The minimum absolute atomic E-state index is 0.191. The Hall–Kier alpha value is -1.46. The first-order valence-electron chi connectivity index (χ1n) is 7.02. The van der Waals surface area contributed by atoms with E-state index in [0.29, 0.717) is 24.1 Å². The van der Waals surface area contributed by atoms with Crippen LogP contribution in [0, 0.1) is 24.2 Å². The number of carbonyl (C=O) groups is 1. The zero-order chi connectivity index (χ0) is 13.3. The van der Waals surface area contributed by atoms with E-state index in [1.807, 2.05) is 6.92 Å². The molecule has 1 N–H and O–H groups in total. The minimum Gasteiger partial charge on any atom is -0.481 e. The third-order valence-corrected chi connectivity index (χ3v) is 5.42. The number of rotatable bonds is 2. The van der Waals surface area contributed by atoms with E-state index in [4.69, 9.17) is 0 Å². The number of aryl methyl sites for hydroxylation is 1. The van der Waals surface area contributed by atoms with Gasteiger partial charge in [-0.2, -0.15) is 4.80 Å². The molecule has 102 valence electrons. The summed E-state index contributed by atoms with van der Waals surface area (Å²) in [6, 6.07) is 0. The van der Waals surface area contributed by atoms with Gasteiger partial charge in [-0.25, -0.2) is 0 Å². The Bertz CT molecular complexity index is 539. The molecule has 4 aliphatic carbocycles. The molecule has 5 rings (SSSR count). The molecule has 0 amide bonds. The van der Waals surface area contributed by atoms with E-state index in [1.54, 1.807) is 4.80 Å². The molecule has 4 fully saturated rings. The second-order valence-electron chi connectivity index (χ2n) is 6.90. The maximum atomic E-state index is 11.8. The van der Waals surface area contributed by atoms with Crippen molar-refractivity contribution in [3.63, 3.8) is 0 Å². The highest BCUT2D eigenvalue weighted by atomic mass is 16.4. The van der Waals surface area contributed by atoms with Crippen LogP contribution in [0.4, 0.5) is 0 Å². The largest absolute Gasteiger partial charge is 0.481 e. The fraction of sp³-hybridized carbons (Fsp3) is 0.846. The number of aromatic nitrogens is 4. The van der Waals surface area contributed by atoms with Crippen molar-refractivity contribution < 1.29 is 9.90 Å². The topological polar surface area (TPSA) is 80.9 Å². The highest BCUT2D eigenvalue weighted by Crippen LogP contribution is 2.63. The van der Waals surface area contributed by atoms with Crippen LogP contribution in [0.15, 0.2) is 0 Å². The maximum Gasteiger partial charge on any atom is 0.309 e. The average Bonchev–Trinajstić information content (AvgIpc) is 2.74. The van der Waals surface area contributed by atoms with Crippen LogP contribution in [-0.4, -0.2) is 31.3 Å². The standard InChI is InChI=1S/C13H18N4O2/c1-8-14-16-17(15-8)13-5-9-2-10(6-13)4-12(3-9,7-13)11(18)19/h9-10H,2-7H2,1H3,(H,18,19)/t9-,10-,12?,13?/m1/s1. The molecular formula is C13H18N4O2. The summed E-state index contributed by atoms with van der Waals surface area (Å²) >= 11 is 0. The first-order chi connectivity index (χ1) is 9.01. The molecule has 0 unspecified atom stereocenters. The Morgan fingerprint density at radius 3 is 2.53 bits per heavy atom. The second kappa shape index (κ2) is 3.35. The molecule has 0 aliphatic heterocycles. The Kier molecular flexibility index (Phi) is 2.00. The maximum absolute atomic E-state index is 11.8. The van der Waals surface area contributed by atoms with E-state index in [2.05, 4.69) is 15.4 Å². The number of carboxylic acid groups (broad SMARTS) is 1. The van der Waals surface area contributed by atoms with Crippen LogP contribution in [0.3, 0.4) is 0 Å². The summed E-state index contributed by atoms with van der Waals surface area (Å²) in [4.78, 5) is 13.5. The molecule has 0 spiro atoms. The zero-order valence-electron chi connectivity index (χ0n) is 11.0. The fourth-order valence-corrected chi connectivity index (χ4v) is 5.18. The summed E-state index contributed by atoms with van der Waals surface area (Å²) in [5.74, 6) is 1.08. The molecule has 6 nitrogen and oxygen atoms in total. The summed E-state index contributed by atoms with van der Waals surface area (Å²) in [5.41, 5.74) is -0.727. The Labute approximate surface area is 111 Å². The number of hydrogen-bond acceptors (Lipinski definition) is 4. The van der Waals surface area contributed by atoms with E-state index in [1.165, 1.54) is 6.42 Å². The molecule has 4 aliphatic rings. The SMILES string of the molecule is Cc1nnn(C23C[C@@H]4C[C@H](CC(C(=O)O)(C4)C2)C3)n1. The van der Waals surface area contributed by atoms with Crippen molar-refractivity contribution in [2.75, 3.05) is 0 Å². The molecule has 0 radical (unpaired) electrons. The van der Waals surface area contributed by atoms with Crippen molar-refractivity contribution in [1.82, 2.24) is 20.2 Å². The van der Waals surface area contributed by atoms with Gasteiger partial charge in [-0.15, -0.1) is 10.2 Å². The molecule has 1 aromatic rings. The van der Waals surface area contributed by atoms with Crippen molar-refractivity contribution in [2.45, 2.75) is 51.0 Å². The van der Waals surface area contributed by atoms with Crippen LogP contribution < -0.4 is 0 Å². The van der Waals surface area contributed by atoms with Gasteiger partial charge < -0.3 is 5.11 Å². The predicted octanol–water partition coefficient (Wildman–Crippen LogP) is 1.36. The molecule has 19 heavy (non-hydrogen) atoms. The van der Waals surface area contributed by atoms with E-state index >= 15 is 0 Å². The van der Waals surface area contributed by atoms with Gasteiger partial charge in [0.05, 0.1) is 11.0 Å². The zero-order valence-corrected chi connectivity index (χ0v) is 11.0. The lowest BCUT2D eigenvalue weighted by Gasteiger charge is -2.59. The van der Waals surface area contributed by atoms with Gasteiger partial charge in [-0.05, 0) is 62.5 Å². The van der Waals surface area contributed by atoms with Crippen LogP contribution in [-0.2, 0) is 10.3 Å². The molecule has 0 saturated heterocycles. The van der Waals surface area contributed by atoms with Gasteiger partial charge in [0, 0.05) is 0 Å². The van der Waals surface area contributed by atoms with E-state index in [0.717, 1.165) is 25.7 Å². The van der Waals surface area contributed by atoms with Crippen LogP contribution in [0.1, 0.15) is 44.3 Å². The third-order valence-electron chi connectivity index (χ3n) is 5.42. The first-order valence-corrected chi connectivity index (χ1v) is 7.02. The molecular weight excluding hydrogens is 244 g/mol. The lowest BCUT2D eigenvalue weighted by Crippen LogP contribution is -2.59. The summed E-state index contributed by atoms with van der Waals surface area (Å²) in [6.07, 6.45) is 5.59. The highest BCUT2D eigenvalue weighted by molar-refractivity contribution is 5.75. The van der Waals surface area contributed by atoms with Gasteiger partial charge in [0.2, 0.25) is 0 Å². The van der Waals surface area contributed by atoms with Crippen molar-refractivity contribution in [1.29, 1.82) is 0 Å². The van der Waals surface area contributed by atoms with Gasteiger partial charge in [-0.3, -0.25) is 4.79 Å². The van der Waals surface area contributed by atoms with Crippen molar-refractivity contribution in [3.8, 4) is 0 Å². The predicted molar refractivity (Wildman–Crippen MR) is 65.3 cm³/mol. The average molecular weight is 262 g/mol. The van der Waals surface area contributed by atoms with E-state index in [9.17, 15) is 9.90 Å². The molecule has 6 heteroatoms. The summed E-state index contributed by atoms with van der Waals surface area (Å²) in [5, 5.41) is 22.2. The molecule has 4 bridgehead atoms. The molecule has 0 aromatic carbocycles. The van der Waals surface area contributed by atoms with Gasteiger partial charge >= 0.3 is 5.97 Å². The van der Waals surface area contributed by atoms with E-state index in [-0.39, 0.29) is 5.54 Å². The molecule has 4 saturated carbocycles. The monoisotopic (exact) mass is 262 g/mol. The summed E-state index contributed by atoms with van der Waals surface area (Å²) < 4.78 is 0. The van der Waals surface area contributed by atoms with Gasteiger partial charge in [0.25, 0.3) is 0 Å². The Balaban J connectivity index is 1.80. The molecule has 1 heterocycles. The normalized spacial score (nSPS) is 43.6. The highest BCUT2D eigenvalue weighted by Gasteiger charge is 2.62. The van der Waals surface area contributed by atoms with Gasteiger partial charge in [0.15, 0.2) is 5.82 Å². The molecule has 1 aromatic heterocycles. The third kappa shape index (κ3) is 1.42. The van der Waals surface area contributed by atoms with Crippen LogP contribution >= 0.6 is 0 Å². The van der Waals surface area contributed by atoms with Crippen LogP contribution in [0.5, 0.6) is 0 Å². The number of aliphatic carboxylic acids is 1.